The molecule has 0 saturated carbocycles. The highest BCUT2D eigenvalue weighted by Crippen LogP contribution is 2.17. The molecule has 144 valence electrons. The van der Waals surface area contributed by atoms with E-state index in [9.17, 15) is 9.59 Å². The fraction of sp³-hybridized carbons (Fsp3) is 0.333. The molecule has 0 spiro atoms. The second-order valence-electron chi connectivity index (χ2n) is 6.20. The van der Waals surface area contributed by atoms with Crippen LogP contribution >= 0.6 is 0 Å². The molecular formula is C21H26N2O4. The van der Waals surface area contributed by atoms with E-state index in [0.717, 1.165) is 16.9 Å². The maximum absolute atomic E-state index is 12.6. The molecule has 0 aliphatic carbocycles. The number of carbonyl (C=O) groups is 2. The van der Waals surface area contributed by atoms with E-state index >= 15 is 0 Å². The van der Waals surface area contributed by atoms with Crippen molar-refractivity contribution in [2.24, 2.45) is 0 Å². The Labute approximate surface area is 160 Å². The molecule has 6 heteroatoms. The highest BCUT2D eigenvalue weighted by molar-refractivity contribution is 5.86. The van der Waals surface area contributed by atoms with Crippen molar-refractivity contribution < 1.29 is 19.1 Å². The Morgan fingerprint density at radius 3 is 2.30 bits per heavy atom. The summed E-state index contributed by atoms with van der Waals surface area (Å²) in [5.74, 6) is 1.08. The highest BCUT2D eigenvalue weighted by atomic mass is 16.5. The van der Waals surface area contributed by atoms with Gasteiger partial charge >= 0.3 is 0 Å². The Balaban J connectivity index is 2.02. The second-order valence-corrected chi connectivity index (χ2v) is 6.20. The van der Waals surface area contributed by atoms with E-state index in [1.165, 1.54) is 6.92 Å². The first-order valence-corrected chi connectivity index (χ1v) is 8.76. The minimum absolute atomic E-state index is 0.161. The summed E-state index contributed by atoms with van der Waals surface area (Å²) in [6.45, 7) is 3.88. The summed E-state index contributed by atoms with van der Waals surface area (Å²) in [5.41, 5.74) is 1.81. The van der Waals surface area contributed by atoms with Gasteiger partial charge in [-0.05, 0) is 30.7 Å². The van der Waals surface area contributed by atoms with E-state index < -0.39 is 6.04 Å². The van der Waals surface area contributed by atoms with Crippen LogP contribution < -0.4 is 14.8 Å². The number of hydrogen-bond acceptors (Lipinski definition) is 4. The number of nitrogens with one attached hydrogen (secondary N) is 1. The summed E-state index contributed by atoms with van der Waals surface area (Å²) in [7, 11) is 3.20. The lowest BCUT2D eigenvalue weighted by atomic mass is 10.1. The zero-order chi connectivity index (χ0) is 19.8. The molecule has 1 unspecified atom stereocenters. The van der Waals surface area contributed by atoms with Crippen molar-refractivity contribution in [2.45, 2.75) is 33.0 Å². The van der Waals surface area contributed by atoms with Gasteiger partial charge in [0.25, 0.3) is 0 Å². The number of rotatable bonds is 8. The quantitative estimate of drug-likeness (QED) is 0.776. The van der Waals surface area contributed by atoms with E-state index in [0.29, 0.717) is 18.8 Å². The van der Waals surface area contributed by atoms with Gasteiger partial charge in [0, 0.05) is 25.6 Å². The summed E-state index contributed by atoms with van der Waals surface area (Å²) in [4.78, 5) is 26.2. The normalized spacial score (nSPS) is 11.4. The van der Waals surface area contributed by atoms with Crippen LogP contribution in [0.15, 0.2) is 48.5 Å². The molecule has 0 aliphatic rings. The van der Waals surface area contributed by atoms with E-state index in [1.807, 2.05) is 48.5 Å². The summed E-state index contributed by atoms with van der Waals surface area (Å²) in [6, 6.07) is 14.3. The summed E-state index contributed by atoms with van der Waals surface area (Å²) in [6.07, 6.45) is 0. The zero-order valence-electron chi connectivity index (χ0n) is 16.2. The minimum Gasteiger partial charge on any atom is -0.497 e. The van der Waals surface area contributed by atoms with Crippen molar-refractivity contribution in [3.63, 3.8) is 0 Å². The minimum atomic E-state index is -0.598. The third kappa shape index (κ3) is 5.48. The number of ether oxygens (including phenoxy) is 2. The molecule has 6 nitrogen and oxygen atoms in total. The van der Waals surface area contributed by atoms with Gasteiger partial charge in [0.2, 0.25) is 11.8 Å². The number of para-hydroxylation sites is 1. The first kappa shape index (κ1) is 20.3. The van der Waals surface area contributed by atoms with Crippen molar-refractivity contribution in [3.8, 4) is 11.5 Å². The predicted molar refractivity (Wildman–Crippen MR) is 104 cm³/mol. The number of amides is 2. The van der Waals surface area contributed by atoms with Gasteiger partial charge < -0.3 is 19.7 Å². The molecule has 0 heterocycles. The van der Waals surface area contributed by atoms with Crippen LogP contribution in [0.25, 0.3) is 0 Å². The molecule has 1 N–H and O–H groups in total. The van der Waals surface area contributed by atoms with Crippen molar-refractivity contribution in [1.82, 2.24) is 10.2 Å². The molecule has 2 amide bonds. The Morgan fingerprint density at radius 1 is 1.04 bits per heavy atom. The van der Waals surface area contributed by atoms with E-state index in [1.54, 1.807) is 26.0 Å². The topological polar surface area (TPSA) is 67.9 Å². The average Bonchev–Trinajstić information content (AvgIpc) is 2.70. The highest BCUT2D eigenvalue weighted by Gasteiger charge is 2.23. The van der Waals surface area contributed by atoms with Crippen LogP contribution in [0.5, 0.6) is 11.5 Å². The smallest absolute Gasteiger partial charge is 0.242 e. The van der Waals surface area contributed by atoms with Gasteiger partial charge in [0.15, 0.2) is 0 Å². The first-order chi connectivity index (χ1) is 13.0. The zero-order valence-corrected chi connectivity index (χ0v) is 16.2. The Bertz CT molecular complexity index is 774. The predicted octanol–water partition coefficient (Wildman–Crippen LogP) is 2.76. The van der Waals surface area contributed by atoms with Gasteiger partial charge in [-0.1, -0.05) is 30.3 Å². The monoisotopic (exact) mass is 370 g/mol. The van der Waals surface area contributed by atoms with Gasteiger partial charge in [0.05, 0.1) is 14.2 Å². The molecule has 27 heavy (non-hydrogen) atoms. The van der Waals surface area contributed by atoms with Crippen molar-refractivity contribution in [1.29, 1.82) is 0 Å². The SMILES string of the molecule is COc1ccc(CN(C(C)=O)C(C)C(=O)NCc2ccccc2OC)cc1. The third-order valence-electron chi connectivity index (χ3n) is 4.41. The third-order valence-corrected chi connectivity index (χ3v) is 4.41. The molecule has 0 saturated heterocycles. The summed E-state index contributed by atoms with van der Waals surface area (Å²) < 4.78 is 10.4. The summed E-state index contributed by atoms with van der Waals surface area (Å²) in [5, 5.41) is 2.88. The van der Waals surface area contributed by atoms with E-state index in [-0.39, 0.29) is 11.8 Å². The molecule has 0 aromatic heterocycles. The van der Waals surface area contributed by atoms with Gasteiger partial charge in [-0.15, -0.1) is 0 Å². The van der Waals surface area contributed by atoms with Crippen LogP contribution in [0, 0.1) is 0 Å². The number of carbonyl (C=O) groups excluding carboxylic acids is 2. The number of hydrogen-bond donors (Lipinski definition) is 1. The standard InChI is InChI=1S/C21H26N2O4/c1-15(21(25)22-13-18-7-5-6-8-20(18)27-4)23(16(2)24)14-17-9-11-19(26-3)12-10-17/h5-12,15H,13-14H2,1-4H3,(H,22,25). The van der Waals surface area contributed by atoms with Gasteiger partial charge in [-0.25, -0.2) is 0 Å². The van der Waals surface area contributed by atoms with E-state index in [4.69, 9.17) is 9.47 Å². The van der Waals surface area contributed by atoms with Crippen LogP contribution in [-0.4, -0.2) is 37.0 Å². The van der Waals surface area contributed by atoms with Crippen LogP contribution in [0.4, 0.5) is 0 Å². The largest absolute Gasteiger partial charge is 0.497 e. The van der Waals surface area contributed by atoms with Crippen LogP contribution in [0.2, 0.25) is 0 Å². The van der Waals surface area contributed by atoms with Crippen LogP contribution in [-0.2, 0) is 22.7 Å². The van der Waals surface area contributed by atoms with Crippen molar-refractivity contribution in [3.05, 3.63) is 59.7 Å². The molecule has 0 aliphatic heterocycles. The number of methoxy groups -OCH3 is 2. The molecule has 2 aromatic rings. The molecular weight excluding hydrogens is 344 g/mol. The van der Waals surface area contributed by atoms with Crippen molar-refractivity contribution >= 4 is 11.8 Å². The Hall–Kier alpha value is -3.02. The maximum Gasteiger partial charge on any atom is 0.242 e. The lowest BCUT2D eigenvalue weighted by Gasteiger charge is -2.27. The first-order valence-electron chi connectivity index (χ1n) is 8.76. The number of nitrogens with zero attached hydrogens (tertiary/aromatic N) is 1. The fourth-order valence-corrected chi connectivity index (χ4v) is 2.77. The van der Waals surface area contributed by atoms with Gasteiger partial charge in [-0.3, -0.25) is 9.59 Å². The van der Waals surface area contributed by atoms with Gasteiger partial charge in [0.1, 0.15) is 17.5 Å². The fourth-order valence-electron chi connectivity index (χ4n) is 2.77. The second kappa shape index (κ2) is 9.62. The van der Waals surface area contributed by atoms with Crippen LogP contribution in [0.1, 0.15) is 25.0 Å². The molecule has 2 rings (SSSR count). The molecule has 0 fully saturated rings. The average molecular weight is 370 g/mol. The lowest BCUT2D eigenvalue weighted by molar-refractivity contribution is -0.139. The maximum atomic E-state index is 12.6. The lowest BCUT2D eigenvalue weighted by Crippen LogP contribution is -2.46. The molecule has 0 bridgehead atoms. The number of benzene rings is 2. The molecule has 1 atom stereocenters. The summed E-state index contributed by atoms with van der Waals surface area (Å²) >= 11 is 0. The molecule has 2 aromatic carbocycles. The Kier molecular flexibility index (Phi) is 7.23. The van der Waals surface area contributed by atoms with Crippen LogP contribution in [0.3, 0.4) is 0 Å². The van der Waals surface area contributed by atoms with E-state index in [2.05, 4.69) is 5.32 Å². The Morgan fingerprint density at radius 2 is 1.70 bits per heavy atom. The molecule has 0 radical (unpaired) electrons. The van der Waals surface area contributed by atoms with Gasteiger partial charge in [-0.2, -0.15) is 0 Å². The van der Waals surface area contributed by atoms with Crippen molar-refractivity contribution in [2.75, 3.05) is 14.2 Å².